The molecule has 0 saturated carbocycles. The second-order valence-electron chi connectivity index (χ2n) is 11.9. The van der Waals surface area contributed by atoms with Crippen molar-refractivity contribution >= 4 is 58.1 Å². The first kappa shape index (κ1) is 34.6. The van der Waals surface area contributed by atoms with Gasteiger partial charge >= 0.3 is 11.6 Å². The predicted molar refractivity (Wildman–Crippen MR) is 172 cm³/mol. The van der Waals surface area contributed by atoms with E-state index in [0.29, 0.717) is 69.4 Å². The molecule has 2 aromatic heterocycles. The Morgan fingerprint density at radius 2 is 1.87 bits per heavy atom. The SMILES string of the molecule is CCc1c(N2CCN(C(=O)OC(C)(C)C)CC2)c(=O)n2nc(C3=CCOCC3)nc2n1CC(=O)Nc1ccc(SC(F)(F)F)cc1Cl. The van der Waals surface area contributed by atoms with E-state index in [1.807, 2.05) is 17.9 Å². The topological polar surface area (TPSA) is 123 Å². The molecular weight excluding hydrogens is 663 g/mol. The Hall–Kier alpha value is -3.76. The molecule has 0 aliphatic carbocycles. The normalized spacial score (nSPS) is 16.0. The maximum Gasteiger partial charge on any atom is 0.446 e. The summed E-state index contributed by atoms with van der Waals surface area (Å²) in [5.41, 5.74) is -3.74. The molecule has 12 nitrogen and oxygen atoms in total. The van der Waals surface area contributed by atoms with Gasteiger partial charge in [0.1, 0.15) is 17.8 Å². The van der Waals surface area contributed by atoms with E-state index in [1.54, 1.807) is 30.2 Å². The van der Waals surface area contributed by atoms with Crippen LogP contribution in [0.5, 0.6) is 0 Å². The van der Waals surface area contributed by atoms with E-state index in [9.17, 15) is 27.6 Å². The Morgan fingerprint density at radius 1 is 1.15 bits per heavy atom. The number of rotatable bonds is 7. The summed E-state index contributed by atoms with van der Waals surface area (Å²) in [6, 6.07) is 3.65. The zero-order valence-electron chi connectivity index (χ0n) is 26.3. The van der Waals surface area contributed by atoms with Gasteiger partial charge in [-0.2, -0.15) is 22.7 Å². The number of carbonyl (C=O) groups excluding carboxylic acids is 2. The van der Waals surface area contributed by atoms with Crippen LogP contribution >= 0.6 is 23.4 Å². The number of nitrogens with zero attached hydrogens (tertiary/aromatic N) is 6. The van der Waals surface area contributed by atoms with Crippen LogP contribution in [0.2, 0.25) is 5.02 Å². The van der Waals surface area contributed by atoms with E-state index >= 15 is 0 Å². The number of hydrogen-bond acceptors (Lipinski definition) is 9. The van der Waals surface area contributed by atoms with Crippen LogP contribution in [0.15, 0.2) is 34.0 Å². The molecule has 17 heteroatoms. The molecule has 5 rings (SSSR count). The van der Waals surface area contributed by atoms with Crippen molar-refractivity contribution in [2.45, 2.75) is 63.1 Å². The third kappa shape index (κ3) is 8.22. The Kier molecular flexibility index (Phi) is 10.1. The molecule has 1 N–H and O–H groups in total. The van der Waals surface area contributed by atoms with Gasteiger partial charge in [-0.3, -0.25) is 9.59 Å². The lowest BCUT2D eigenvalue weighted by Crippen LogP contribution is -2.51. The maximum absolute atomic E-state index is 14.1. The number of nitrogens with one attached hydrogen (secondary N) is 1. The number of halogens is 4. The summed E-state index contributed by atoms with van der Waals surface area (Å²) >= 11 is 5.93. The summed E-state index contributed by atoms with van der Waals surface area (Å²) in [5, 5.41) is 7.15. The molecule has 1 aromatic carbocycles. The van der Waals surface area contributed by atoms with Crippen molar-refractivity contribution in [2.75, 3.05) is 49.6 Å². The van der Waals surface area contributed by atoms with E-state index in [-0.39, 0.29) is 39.7 Å². The van der Waals surface area contributed by atoms with Crippen molar-refractivity contribution in [2.24, 2.45) is 0 Å². The number of thioether (sulfide) groups is 1. The van der Waals surface area contributed by atoms with Crippen LogP contribution in [0.3, 0.4) is 0 Å². The number of aromatic nitrogens is 4. The Morgan fingerprint density at radius 3 is 2.47 bits per heavy atom. The van der Waals surface area contributed by atoms with Gasteiger partial charge in [0.15, 0.2) is 5.82 Å². The molecule has 2 amide bonds. The number of piperazine rings is 1. The van der Waals surface area contributed by atoms with Gasteiger partial charge in [0, 0.05) is 31.1 Å². The molecule has 0 atom stereocenters. The summed E-state index contributed by atoms with van der Waals surface area (Å²) in [5.74, 6) is -0.0447. The molecule has 47 heavy (non-hydrogen) atoms. The first-order valence-corrected chi connectivity index (χ1v) is 16.2. The lowest BCUT2D eigenvalue weighted by atomic mass is 10.1. The summed E-state index contributed by atoms with van der Waals surface area (Å²) < 4.78 is 52.2. The number of hydrogen-bond donors (Lipinski definition) is 1. The van der Waals surface area contributed by atoms with Crippen molar-refractivity contribution < 1.29 is 32.2 Å². The minimum Gasteiger partial charge on any atom is -0.444 e. The molecule has 1 saturated heterocycles. The molecule has 1 fully saturated rings. The average molecular weight is 698 g/mol. The fraction of sp³-hybridized carbons (Fsp3) is 0.500. The zero-order chi connectivity index (χ0) is 34.1. The first-order chi connectivity index (χ1) is 22.1. The van der Waals surface area contributed by atoms with Crippen molar-refractivity contribution in [3.05, 3.63) is 51.2 Å². The van der Waals surface area contributed by atoms with Crippen LogP contribution in [-0.2, 0) is 27.2 Å². The number of carbonyl (C=O) groups is 2. The number of benzene rings is 1. The molecule has 3 aromatic rings. The van der Waals surface area contributed by atoms with Gasteiger partial charge in [0.2, 0.25) is 11.7 Å². The molecule has 0 unspecified atom stereocenters. The highest BCUT2D eigenvalue weighted by Gasteiger charge is 2.31. The van der Waals surface area contributed by atoms with Gasteiger partial charge in [-0.15, -0.1) is 5.10 Å². The quantitative estimate of drug-likeness (QED) is 0.331. The second-order valence-corrected chi connectivity index (χ2v) is 13.5. The van der Waals surface area contributed by atoms with Gasteiger partial charge < -0.3 is 29.2 Å². The fourth-order valence-electron chi connectivity index (χ4n) is 5.36. The molecule has 0 radical (unpaired) electrons. The minimum atomic E-state index is -4.49. The van der Waals surface area contributed by atoms with Crippen LogP contribution in [-0.4, -0.2) is 86.6 Å². The van der Waals surface area contributed by atoms with Crippen LogP contribution in [0, 0.1) is 0 Å². The first-order valence-electron chi connectivity index (χ1n) is 15.0. The number of anilines is 2. The molecule has 2 aliphatic heterocycles. The Balaban J connectivity index is 1.49. The highest BCUT2D eigenvalue weighted by Crippen LogP contribution is 2.39. The van der Waals surface area contributed by atoms with Crippen molar-refractivity contribution in [3.63, 3.8) is 0 Å². The van der Waals surface area contributed by atoms with E-state index in [0.717, 1.165) is 11.6 Å². The van der Waals surface area contributed by atoms with Crippen LogP contribution in [0.4, 0.5) is 29.3 Å². The molecule has 2 aliphatic rings. The summed E-state index contributed by atoms with van der Waals surface area (Å²) in [7, 11) is 0. The monoisotopic (exact) mass is 697 g/mol. The van der Waals surface area contributed by atoms with Gasteiger partial charge in [0.25, 0.3) is 5.56 Å². The van der Waals surface area contributed by atoms with Crippen molar-refractivity contribution in [3.8, 4) is 0 Å². The van der Waals surface area contributed by atoms with Gasteiger partial charge in [-0.05, 0) is 69.1 Å². The summed E-state index contributed by atoms with van der Waals surface area (Å²) in [4.78, 5) is 48.2. The third-order valence-electron chi connectivity index (χ3n) is 7.41. The Bertz CT molecular complexity index is 1760. The second kappa shape index (κ2) is 13.8. The summed E-state index contributed by atoms with van der Waals surface area (Å²) in [6.07, 6.45) is 2.31. The highest BCUT2D eigenvalue weighted by molar-refractivity contribution is 8.00. The standard InChI is InChI=1S/C30H35ClF3N7O5S/c1-5-22-24(38-10-12-39(13-11-38)28(44)46-29(2,3)4)26(43)41-27(36-25(37-41)18-8-14-45-15-9-18)40(22)17-23(42)35-21-7-6-19(16-20(21)31)47-30(32,33)34/h6-8,16H,5,9-15,17H2,1-4H3,(H,35,42). The predicted octanol–water partition coefficient (Wildman–Crippen LogP) is 5.22. The van der Waals surface area contributed by atoms with Crippen LogP contribution in [0.1, 0.15) is 45.6 Å². The van der Waals surface area contributed by atoms with E-state index in [2.05, 4.69) is 15.4 Å². The van der Waals surface area contributed by atoms with Gasteiger partial charge in [0.05, 0.1) is 29.6 Å². The largest absolute Gasteiger partial charge is 0.446 e. The van der Waals surface area contributed by atoms with Crippen LogP contribution in [0.25, 0.3) is 11.4 Å². The number of alkyl halides is 3. The third-order valence-corrected chi connectivity index (χ3v) is 8.44. The number of ether oxygens (including phenoxy) is 2. The van der Waals surface area contributed by atoms with Gasteiger partial charge in [-0.25, -0.2) is 4.79 Å². The smallest absolute Gasteiger partial charge is 0.444 e. The average Bonchev–Trinajstić information content (AvgIpc) is 3.45. The van der Waals surface area contributed by atoms with E-state index in [4.69, 9.17) is 21.1 Å². The van der Waals surface area contributed by atoms with Gasteiger partial charge in [-0.1, -0.05) is 24.6 Å². The van der Waals surface area contributed by atoms with E-state index in [1.165, 1.54) is 16.6 Å². The van der Waals surface area contributed by atoms with E-state index < -0.39 is 28.7 Å². The molecule has 0 spiro atoms. The lowest BCUT2D eigenvalue weighted by molar-refractivity contribution is -0.116. The molecular formula is C30H35ClF3N7O5S. The molecule has 0 bridgehead atoms. The van der Waals surface area contributed by atoms with Crippen LogP contribution < -0.4 is 15.8 Å². The van der Waals surface area contributed by atoms with Crippen molar-refractivity contribution in [1.82, 2.24) is 24.1 Å². The minimum absolute atomic E-state index is 0.0619. The number of fused-ring (bicyclic) bond motifs is 1. The molecule has 4 heterocycles. The zero-order valence-corrected chi connectivity index (χ0v) is 27.9. The number of amides is 2. The fourth-order valence-corrected chi connectivity index (χ4v) is 6.23. The van der Waals surface area contributed by atoms with Crippen molar-refractivity contribution in [1.29, 1.82) is 0 Å². The Labute approximate surface area is 277 Å². The summed E-state index contributed by atoms with van der Waals surface area (Å²) in [6.45, 7) is 9.08. The highest BCUT2D eigenvalue weighted by atomic mass is 35.5. The maximum atomic E-state index is 14.1. The lowest BCUT2D eigenvalue weighted by Gasteiger charge is -2.37. The molecule has 254 valence electrons.